The van der Waals surface area contributed by atoms with Gasteiger partial charge in [-0.15, -0.1) is 0 Å². The molecular weight excluding hydrogens is 252 g/mol. The lowest BCUT2D eigenvalue weighted by Gasteiger charge is -2.44. The van der Waals surface area contributed by atoms with E-state index < -0.39 is 8.32 Å². The topological polar surface area (TPSA) is 29.5 Å². The highest BCUT2D eigenvalue weighted by atomic mass is 28.4. The first kappa shape index (κ1) is 15.5. The van der Waals surface area contributed by atoms with Gasteiger partial charge in [0.2, 0.25) is 0 Å². The minimum Gasteiger partial charge on any atom is -0.413 e. The van der Waals surface area contributed by atoms with Gasteiger partial charge in [-0.2, -0.15) is 0 Å². The van der Waals surface area contributed by atoms with E-state index >= 15 is 0 Å². The molecule has 0 bridgehead atoms. The predicted octanol–water partition coefficient (Wildman–Crippen LogP) is 4.34. The molecule has 0 aromatic carbocycles. The summed E-state index contributed by atoms with van der Waals surface area (Å²) < 4.78 is 6.76. The summed E-state index contributed by atoms with van der Waals surface area (Å²) in [6.45, 7) is 12.0. The summed E-state index contributed by atoms with van der Waals surface area (Å²) >= 11 is 0. The normalized spacial score (nSPS) is 31.3. The van der Waals surface area contributed by atoms with Crippen molar-refractivity contribution in [2.24, 2.45) is 11.3 Å². The Hall–Kier alpha value is 0.137. The van der Waals surface area contributed by atoms with E-state index in [2.05, 4.69) is 33.9 Å². The second kappa shape index (κ2) is 5.16. The van der Waals surface area contributed by atoms with E-state index in [0.717, 1.165) is 12.8 Å². The van der Waals surface area contributed by atoms with Crippen LogP contribution in [0, 0.1) is 11.3 Å². The number of hydrogen-bond donors (Lipinski definition) is 1. The average Bonchev–Trinajstić information content (AvgIpc) is 2.88. The second-order valence-corrected chi connectivity index (χ2v) is 13.0. The highest BCUT2D eigenvalue weighted by Gasteiger charge is 2.54. The van der Waals surface area contributed by atoms with Crippen LogP contribution in [0.3, 0.4) is 0 Å². The van der Waals surface area contributed by atoms with Gasteiger partial charge in [0.05, 0.1) is 6.10 Å². The molecule has 2 nitrogen and oxygen atoms in total. The fraction of sp³-hybridized carbons (Fsp3) is 1.00. The molecule has 19 heavy (non-hydrogen) atoms. The van der Waals surface area contributed by atoms with Gasteiger partial charge in [0, 0.05) is 12.0 Å². The third-order valence-corrected chi connectivity index (χ3v) is 10.7. The van der Waals surface area contributed by atoms with Crippen molar-refractivity contribution < 1.29 is 9.53 Å². The SMILES string of the molecule is CC(C)(C)[Si](C)(C)OC1CCC(CO)C12CCCC2. The van der Waals surface area contributed by atoms with Crippen LogP contribution in [0.15, 0.2) is 0 Å². The monoisotopic (exact) mass is 284 g/mol. The molecule has 0 aromatic heterocycles. The third kappa shape index (κ3) is 2.66. The average molecular weight is 285 g/mol. The van der Waals surface area contributed by atoms with Crippen molar-refractivity contribution in [3.8, 4) is 0 Å². The molecule has 2 rings (SSSR count). The Morgan fingerprint density at radius 3 is 2.21 bits per heavy atom. The Balaban J connectivity index is 2.16. The van der Waals surface area contributed by atoms with Gasteiger partial charge in [-0.05, 0) is 49.7 Å². The van der Waals surface area contributed by atoms with Crippen LogP contribution < -0.4 is 0 Å². The van der Waals surface area contributed by atoms with Crippen LogP contribution in [-0.2, 0) is 4.43 Å². The van der Waals surface area contributed by atoms with Crippen LogP contribution in [-0.4, -0.2) is 26.1 Å². The van der Waals surface area contributed by atoms with E-state index in [-0.39, 0.29) is 5.04 Å². The molecule has 0 heterocycles. The fourth-order valence-electron chi connectivity index (χ4n) is 3.94. The zero-order chi connectivity index (χ0) is 14.3. The molecule has 0 aromatic rings. The minimum atomic E-state index is -1.69. The molecule has 2 atom stereocenters. The summed E-state index contributed by atoms with van der Waals surface area (Å²) in [5, 5.41) is 10.0. The first-order valence-corrected chi connectivity index (χ1v) is 10.9. The lowest BCUT2D eigenvalue weighted by Crippen LogP contribution is -2.48. The molecule has 2 saturated carbocycles. The van der Waals surface area contributed by atoms with Gasteiger partial charge in [0.1, 0.15) is 0 Å². The fourth-order valence-corrected chi connectivity index (χ4v) is 5.35. The van der Waals surface area contributed by atoms with Gasteiger partial charge >= 0.3 is 0 Å². The number of aliphatic hydroxyl groups is 1. The zero-order valence-electron chi connectivity index (χ0n) is 13.5. The number of hydrogen-bond acceptors (Lipinski definition) is 2. The smallest absolute Gasteiger partial charge is 0.192 e. The summed E-state index contributed by atoms with van der Waals surface area (Å²) in [6, 6.07) is 0. The van der Waals surface area contributed by atoms with Gasteiger partial charge in [0.25, 0.3) is 0 Å². The van der Waals surface area contributed by atoms with Gasteiger partial charge in [-0.1, -0.05) is 33.6 Å². The standard InChI is InChI=1S/C16H32O2Si/c1-15(2,3)19(4,5)18-14-9-8-13(12-17)16(14)10-6-7-11-16/h13-14,17H,6-12H2,1-5H3. The number of rotatable bonds is 3. The molecule has 2 fully saturated rings. The molecule has 0 saturated heterocycles. The van der Waals surface area contributed by atoms with Crippen LogP contribution in [0.25, 0.3) is 0 Å². The lowest BCUT2D eigenvalue weighted by atomic mass is 9.75. The maximum Gasteiger partial charge on any atom is 0.192 e. The van der Waals surface area contributed by atoms with Crippen molar-refractivity contribution >= 4 is 8.32 Å². The minimum absolute atomic E-state index is 0.282. The third-order valence-electron chi connectivity index (χ3n) is 6.23. The molecule has 3 heteroatoms. The van der Waals surface area contributed by atoms with Crippen LogP contribution in [0.2, 0.25) is 18.1 Å². The maximum absolute atomic E-state index is 9.72. The first-order chi connectivity index (χ1) is 8.73. The molecule has 1 spiro atoms. The van der Waals surface area contributed by atoms with Crippen molar-refractivity contribution in [2.45, 2.75) is 83.5 Å². The predicted molar refractivity (Wildman–Crippen MR) is 82.8 cm³/mol. The molecule has 0 aliphatic heterocycles. The van der Waals surface area contributed by atoms with Gasteiger partial charge in [-0.25, -0.2) is 0 Å². The van der Waals surface area contributed by atoms with Crippen LogP contribution >= 0.6 is 0 Å². The van der Waals surface area contributed by atoms with Crippen LogP contribution in [0.1, 0.15) is 59.3 Å². The summed E-state index contributed by atoms with van der Waals surface area (Å²) in [6.07, 6.45) is 7.94. The molecule has 112 valence electrons. The summed E-state index contributed by atoms with van der Waals surface area (Å²) in [4.78, 5) is 0. The van der Waals surface area contributed by atoms with Crippen molar-refractivity contribution in [1.29, 1.82) is 0 Å². The largest absolute Gasteiger partial charge is 0.413 e. The Kier molecular flexibility index (Phi) is 4.21. The molecule has 2 aliphatic carbocycles. The first-order valence-electron chi connectivity index (χ1n) is 8.02. The zero-order valence-corrected chi connectivity index (χ0v) is 14.5. The van der Waals surface area contributed by atoms with E-state index in [1.54, 1.807) is 0 Å². The highest BCUT2D eigenvalue weighted by Crippen LogP contribution is 2.56. The van der Waals surface area contributed by atoms with E-state index in [1.165, 1.54) is 25.7 Å². The van der Waals surface area contributed by atoms with Crippen molar-refractivity contribution in [2.75, 3.05) is 6.61 Å². The van der Waals surface area contributed by atoms with E-state index in [1.807, 2.05) is 0 Å². The van der Waals surface area contributed by atoms with E-state index in [4.69, 9.17) is 4.43 Å². The highest BCUT2D eigenvalue weighted by molar-refractivity contribution is 6.74. The molecule has 0 radical (unpaired) electrons. The van der Waals surface area contributed by atoms with Crippen LogP contribution in [0.4, 0.5) is 0 Å². The maximum atomic E-state index is 9.72. The van der Waals surface area contributed by atoms with Crippen molar-refractivity contribution in [3.05, 3.63) is 0 Å². The van der Waals surface area contributed by atoms with Crippen molar-refractivity contribution in [1.82, 2.24) is 0 Å². The molecule has 2 unspecified atom stereocenters. The molecule has 2 aliphatic rings. The quantitative estimate of drug-likeness (QED) is 0.781. The van der Waals surface area contributed by atoms with Gasteiger partial charge in [0.15, 0.2) is 8.32 Å². The summed E-state index contributed by atoms with van der Waals surface area (Å²) in [5.41, 5.74) is 0.310. The summed E-state index contributed by atoms with van der Waals surface area (Å²) in [7, 11) is -1.69. The molecule has 0 amide bonds. The van der Waals surface area contributed by atoms with Gasteiger partial charge in [-0.3, -0.25) is 0 Å². The molecular formula is C16H32O2Si. The van der Waals surface area contributed by atoms with E-state index in [9.17, 15) is 5.11 Å². The lowest BCUT2D eigenvalue weighted by molar-refractivity contribution is 0.0193. The second-order valence-electron chi connectivity index (χ2n) is 8.26. The Labute approximate surface area is 120 Å². The Morgan fingerprint density at radius 2 is 1.74 bits per heavy atom. The van der Waals surface area contributed by atoms with Crippen LogP contribution in [0.5, 0.6) is 0 Å². The Morgan fingerprint density at radius 1 is 1.16 bits per heavy atom. The molecule has 1 N–H and O–H groups in total. The van der Waals surface area contributed by atoms with Gasteiger partial charge < -0.3 is 9.53 Å². The van der Waals surface area contributed by atoms with E-state index in [0.29, 0.717) is 24.0 Å². The summed E-state index contributed by atoms with van der Waals surface area (Å²) in [5.74, 6) is 0.491. The number of aliphatic hydroxyl groups excluding tert-OH is 1. The van der Waals surface area contributed by atoms with Crippen molar-refractivity contribution in [3.63, 3.8) is 0 Å². The Bertz CT molecular complexity index is 313.